The van der Waals surface area contributed by atoms with Crippen molar-refractivity contribution in [2.75, 3.05) is 6.54 Å². The Bertz CT molecular complexity index is 1240. The molecule has 0 spiro atoms. The molecule has 0 aliphatic carbocycles. The largest absolute Gasteiger partial charge is 0.760 e. The molecule has 0 N–H and O–H groups in total. The highest BCUT2D eigenvalue weighted by Gasteiger charge is 2.36. The highest BCUT2D eigenvalue weighted by Crippen LogP contribution is 2.43. The van der Waals surface area contributed by atoms with Crippen LogP contribution in [0.1, 0.15) is 34.4 Å². The Kier molecular flexibility index (Phi) is 5.46. The zero-order chi connectivity index (χ0) is 21.4. The number of benzene rings is 3. The highest BCUT2D eigenvalue weighted by molar-refractivity contribution is 7.76. The van der Waals surface area contributed by atoms with Gasteiger partial charge in [0.25, 0.3) is 0 Å². The second kappa shape index (κ2) is 8.40. The molecule has 0 saturated carbocycles. The van der Waals surface area contributed by atoms with Gasteiger partial charge in [-0.3, -0.25) is 4.21 Å². The van der Waals surface area contributed by atoms with Gasteiger partial charge < -0.3 is 13.9 Å². The van der Waals surface area contributed by atoms with Gasteiger partial charge in [-0.05, 0) is 22.8 Å². The molecule has 3 aromatic carbocycles. The van der Waals surface area contributed by atoms with Crippen molar-refractivity contribution < 1.29 is 13.5 Å². The molecule has 1 aliphatic rings. The molecule has 1 aliphatic heterocycles. The number of hydrogen-bond donors (Lipinski definition) is 0. The van der Waals surface area contributed by atoms with Gasteiger partial charge in [-0.15, -0.1) is 0 Å². The summed E-state index contributed by atoms with van der Waals surface area (Å²) in [6, 6.07) is 25.7. The Balaban J connectivity index is 1.58. The lowest BCUT2D eigenvalue weighted by Gasteiger charge is -2.41. The Morgan fingerprint density at radius 2 is 1.61 bits per heavy atom. The topological polar surface area (TPSA) is 57.5 Å². The maximum atomic E-state index is 12.4. The molecule has 0 fully saturated rings. The van der Waals surface area contributed by atoms with Gasteiger partial charge in [0.05, 0.1) is 18.8 Å². The average Bonchev–Trinajstić information content (AvgIpc) is 3.14. The molecule has 1 unspecified atom stereocenters. The molecule has 31 heavy (non-hydrogen) atoms. The fourth-order valence-corrected chi connectivity index (χ4v) is 5.21. The number of rotatable bonds is 5. The number of hydrogen-bond acceptors (Lipinski definition) is 3. The van der Waals surface area contributed by atoms with E-state index in [1.54, 1.807) is 0 Å². The number of para-hydroxylation sites is 1. The Hall–Kier alpha value is -2.77. The van der Waals surface area contributed by atoms with Gasteiger partial charge in [-0.25, -0.2) is 4.31 Å². The molecular formula is C25H23N2O3S-. The predicted octanol–water partition coefficient (Wildman–Crippen LogP) is 4.64. The Morgan fingerprint density at radius 3 is 2.39 bits per heavy atom. The van der Waals surface area contributed by atoms with Crippen molar-refractivity contribution in [3.63, 3.8) is 0 Å². The van der Waals surface area contributed by atoms with E-state index in [1.165, 1.54) is 4.31 Å². The van der Waals surface area contributed by atoms with Crippen LogP contribution in [-0.2, 0) is 29.7 Å². The molecule has 5 rings (SSSR count). The molecule has 0 saturated heterocycles. The van der Waals surface area contributed by atoms with Crippen LogP contribution >= 0.6 is 0 Å². The second-order valence-corrected chi connectivity index (χ2v) is 8.75. The van der Waals surface area contributed by atoms with E-state index in [-0.39, 0.29) is 12.6 Å². The quantitative estimate of drug-likeness (QED) is 0.433. The van der Waals surface area contributed by atoms with Gasteiger partial charge >= 0.3 is 0 Å². The maximum Gasteiger partial charge on any atom is 0.0969 e. The first kappa shape index (κ1) is 20.2. The zero-order valence-corrected chi connectivity index (χ0v) is 18.0. The third-order valence-electron chi connectivity index (χ3n) is 5.98. The maximum absolute atomic E-state index is 12.4. The van der Waals surface area contributed by atoms with E-state index in [0.717, 1.165) is 33.2 Å². The van der Waals surface area contributed by atoms with Crippen LogP contribution in [0.2, 0.25) is 0 Å². The van der Waals surface area contributed by atoms with E-state index >= 15 is 0 Å². The number of ether oxygens (including phenoxy) is 1. The van der Waals surface area contributed by atoms with E-state index in [1.807, 2.05) is 80.0 Å². The van der Waals surface area contributed by atoms with Crippen LogP contribution in [0.5, 0.6) is 0 Å². The summed E-state index contributed by atoms with van der Waals surface area (Å²) < 4.78 is 34.5. The number of aromatic nitrogens is 1. The van der Waals surface area contributed by atoms with Crippen molar-refractivity contribution in [1.29, 1.82) is 0 Å². The first-order valence-electron chi connectivity index (χ1n) is 10.3. The van der Waals surface area contributed by atoms with Crippen molar-refractivity contribution in [3.8, 4) is 0 Å². The third kappa shape index (κ3) is 3.72. The fraction of sp³-hybridized carbons (Fsp3) is 0.200. The Labute approximate surface area is 184 Å². The van der Waals surface area contributed by atoms with E-state index in [0.29, 0.717) is 6.61 Å². The molecule has 4 aromatic rings. The van der Waals surface area contributed by atoms with E-state index in [9.17, 15) is 8.76 Å². The van der Waals surface area contributed by atoms with Gasteiger partial charge in [0.15, 0.2) is 0 Å². The van der Waals surface area contributed by atoms with E-state index in [2.05, 4.69) is 16.7 Å². The van der Waals surface area contributed by atoms with Crippen molar-refractivity contribution >= 4 is 22.2 Å². The molecule has 0 bridgehead atoms. The summed E-state index contributed by atoms with van der Waals surface area (Å²) in [6.07, 6.45) is 1.71. The first-order valence-corrected chi connectivity index (χ1v) is 11.3. The van der Waals surface area contributed by atoms with Gasteiger partial charge in [0, 0.05) is 47.5 Å². The summed E-state index contributed by atoms with van der Waals surface area (Å²) in [6.45, 7) is 0.700. The average molecular weight is 432 g/mol. The molecule has 0 radical (unpaired) electrons. The van der Waals surface area contributed by atoms with Crippen LogP contribution in [0.15, 0.2) is 85.1 Å². The van der Waals surface area contributed by atoms with E-state index < -0.39 is 17.3 Å². The van der Waals surface area contributed by atoms with Crippen LogP contribution in [0, 0.1) is 0 Å². The molecule has 5 nitrogen and oxygen atoms in total. The minimum absolute atomic E-state index is 0.272. The Morgan fingerprint density at radius 1 is 0.935 bits per heavy atom. The molecule has 6 heteroatoms. The summed E-state index contributed by atoms with van der Waals surface area (Å²) in [7, 11) is 1.99. The molecule has 1 aromatic heterocycles. The summed E-state index contributed by atoms with van der Waals surface area (Å²) in [5.74, 6) is 0. The summed E-state index contributed by atoms with van der Waals surface area (Å²) in [5, 5.41) is 1.06. The van der Waals surface area contributed by atoms with Crippen molar-refractivity contribution in [2.45, 2.75) is 18.8 Å². The van der Waals surface area contributed by atoms with Crippen LogP contribution < -0.4 is 0 Å². The molecule has 3 atom stereocenters. The lowest BCUT2D eigenvalue weighted by Crippen LogP contribution is -2.40. The van der Waals surface area contributed by atoms with Gasteiger partial charge in [-0.2, -0.15) is 0 Å². The SMILES string of the molecule is Cn1cc([C@@H]2c3ccccc3[C@@H](OCc3ccccc3)CN2S(=O)[O-])c2ccccc21. The van der Waals surface area contributed by atoms with Crippen LogP contribution in [0.3, 0.4) is 0 Å². The molecular weight excluding hydrogens is 408 g/mol. The lowest BCUT2D eigenvalue weighted by molar-refractivity contribution is 0.0153. The second-order valence-electron chi connectivity index (χ2n) is 7.85. The summed E-state index contributed by atoms with van der Waals surface area (Å²) >= 11 is -2.40. The van der Waals surface area contributed by atoms with Crippen molar-refractivity contribution in [2.24, 2.45) is 7.05 Å². The first-order chi connectivity index (χ1) is 15.1. The van der Waals surface area contributed by atoms with Gasteiger partial charge in [0.2, 0.25) is 0 Å². The van der Waals surface area contributed by atoms with Crippen molar-refractivity contribution in [1.82, 2.24) is 8.87 Å². The highest BCUT2D eigenvalue weighted by atomic mass is 32.2. The van der Waals surface area contributed by atoms with Crippen molar-refractivity contribution in [3.05, 3.63) is 107 Å². The number of aryl methyl sites for hydroxylation is 1. The fourth-order valence-electron chi connectivity index (χ4n) is 4.55. The van der Waals surface area contributed by atoms with Crippen LogP contribution in [-0.4, -0.2) is 24.2 Å². The minimum atomic E-state index is -2.40. The normalized spacial score (nSPS) is 19.9. The minimum Gasteiger partial charge on any atom is -0.760 e. The standard InChI is InChI=1S/C25H24N2O3S/c1-26-15-22(19-11-7-8-14-23(19)26)25-21-13-6-5-12-20(21)24(16-27(25)31(28)29)30-17-18-9-3-2-4-10-18/h2-15,24-25H,16-17H2,1H3,(H,28,29)/p-1/t24-,25-/m0/s1. The zero-order valence-electron chi connectivity index (χ0n) is 17.2. The van der Waals surface area contributed by atoms with Gasteiger partial charge in [-0.1, -0.05) is 72.8 Å². The number of fused-ring (bicyclic) bond motifs is 2. The molecule has 158 valence electrons. The predicted molar refractivity (Wildman–Crippen MR) is 121 cm³/mol. The summed E-state index contributed by atoms with van der Waals surface area (Å²) in [4.78, 5) is 0. The monoisotopic (exact) mass is 431 g/mol. The summed E-state index contributed by atoms with van der Waals surface area (Å²) in [5.41, 5.74) is 5.13. The van der Waals surface area contributed by atoms with Crippen LogP contribution in [0.25, 0.3) is 10.9 Å². The third-order valence-corrected chi connectivity index (χ3v) is 6.72. The lowest BCUT2D eigenvalue weighted by atomic mass is 9.88. The number of nitrogens with zero attached hydrogens (tertiary/aromatic N) is 2. The molecule has 2 heterocycles. The van der Waals surface area contributed by atoms with Crippen LogP contribution in [0.4, 0.5) is 0 Å². The van der Waals surface area contributed by atoms with Gasteiger partial charge in [0.1, 0.15) is 0 Å². The smallest absolute Gasteiger partial charge is 0.0969 e. The molecule has 0 amide bonds. The van der Waals surface area contributed by atoms with E-state index in [4.69, 9.17) is 4.74 Å².